The lowest BCUT2D eigenvalue weighted by atomic mass is 10.0. The van der Waals surface area contributed by atoms with Crippen LogP contribution >= 0.6 is 0 Å². The molecule has 0 fully saturated rings. The lowest BCUT2D eigenvalue weighted by molar-refractivity contribution is 0.251. The van der Waals surface area contributed by atoms with Gasteiger partial charge in [0.15, 0.2) is 0 Å². The van der Waals surface area contributed by atoms with Crippen LogP contribution in [0.15, 0.2) is 67.3 Å². The monoisotopic (exact) mass is 334 g/mol. The molecule has 0 saturated carbocycles. The number of aromatic nitrogens is 2. The first-order valence-corrected chi connectivity index (χ1v) is 8.34. The first-order chi connectivity index (χ1) is 12.1. The van der Waals surface area contributed by atoms with Gasteiger partial charge in [-0.2, -0.15) is 0 Å². The molecule has 2 aromatic carbocycles. The second kappa shape index (κ2) is 7.66. The molecular formula is C20H22N4O. The van der Waals surface area contributed by atoms with E-state index in [1.54, 1.807) is 12.5 Å². The molecule has 0 spiro atoms. The maximum atomic E-state index is 12.2. The Balaban J connectivity index is 1.61. The van der Waals surface area contributed by atoms with Gasteiger partial charge in [-0.3, -0.25) is 0 Å². The average molecular weight is 334 g/mol. The van der Waals surface area contributed by atoms with Crippen molar-refractivity contribution in [3.8, 4) is 5.69 Å². The molecule has 5 nitrogen and oxygen atoms in total. The van der Waals surface area contributed by atoms with Crippen molar-refractivity contribution in [2.75, 3.05) is 5.32 Å². The number of rotatable bonds is 5. The molecule has 0 unspecified atom stereocenters. The third kappa shape index (κ3) is 4.26. The van der Waals surface area contributed by atoms with Crippen molar-refractivity contribution in [2.45, 2.75) is 26.3 Å². The van der Waals surface area contributed by atoms with Gasteiger partial charge < -0.3 is 15.2 Å². The van der Waals surface area contributed by atoms with Gasteiger partial charge in [-0.05, 0) is 35.2 Å². The minimum absolute atomic E-state index is 0.224. The number of carbonyl (C=O) groups is 1. The van der Waals surface area contributed by atoms with Gasteiger partial charge in [0.05, 0.1) is 12.0 Å². The van der Waals surface area contributed by atoms with E-state index in [9.17, 15) is 4.79 Å². The Labute approximate surface area is 147 Å². The average Bonchev–Trinajstić information content (AvgIpc) is 3.15. The van der Waals surface area contributed by atoms with Crippen LogP contribution in [0.2, 0.25) is 0 Å². The molecular weight excluding hydrogens is 312 g/mol. The Hall–Kier alpha value is -3.08. The van der Waals surface area contributed by atoms with Crippen LogP contribution in [0.1, 0.15) is 30.9 Å². The zero-order valence-electron chi connectivity index (χ0n) is 14.4. The summed E-state index contributed by atoms with van der Waals surface area (Å²) in [6.45, 7) is 4.73. The number of hydrogen-bond acceptors (Lipinski definition) is 2. The summed E-state index contributed by atoms with van der Waals surface area (Å²) in [5.41, 5.74) is 4.05. The number of nitrogens with one attached hydrogen (secondary N) is 2. The SMILES string of the molecule is CC(C)c1ccc(NC(=O)NCc2ccccc2-n2ccnc2)cc1. The second-order valence-electron chi connectivity index (χ2n) is 6.18. The molecule has 128 valence electrons. The molecule has 0 aliphatic rings. The van der Waals surface area contributed by atoms with Crippen LogP contribution in [-0.4, -0.2) is 15.6 Å². The highest BCUT2D eigenvalue weighted by molar-refractivity contribution is 5.89. The summed E-state index contributed by atoms with van der Waals surface area (Å²) in [6, 6.07) is 15.6. The zero-order valence-corrected chi connectivity index (χ0v) is 14.4. The van der Waals surface area contributed by atoms with Crippen LogP contribution in [0.25, 0.3) is 5.69 Å². The van der Waals surface area contributed by atoms with E-state index in [0.29, 0.717) is 12.5 Å². The first kappa shape index (κ1) is 16.8. The van der Waals surface area contributed by atoms with E-state index in [-0.39, 0.29) is 6.03 Å². The van der Waals surface area contributed by atoms with Gasteiger partial charge >= 0.3 is 6.03 Å². The Kier molecular flexibility index (Phi) is 5.14. The topological polar surface area (TPSA) is 59.0 Å². The third-order valence-electron chi connectivity index (χ3n) is 4.05. The summed E-state index contributed by atoms with van der Waals surface area (Å²) in [5, 5.41) is 5.77. The van der Waals surface area contributed by atoms with Gasteiger partial charge in [0.1, 0.15) is 0 Å². The highest BCUT2D eigenvalue weighted by Crippen LogP contribution is 2.17. The van der Waals surface area contributed by atoms with Crippen molar-refractivity contribution in [1.82, 2.24) is 14.9 Å². The molecule has 0 radical (unpaired) electrons. The molecule has 1 aromatic heterocycles. The van der Waals surface area contributed by atoms with Crippen LogP contribution in [0.4, 0.5) is 10.5 Å². The van der Waals surface area contributed by atoms with Crippen molar-refractivity contribution in [3.05, 3.63) is 78.4 Å². The van der Waals surface area contributed by atoms with Gasteiger partial charge in [0.25, 0.3) is 0 Å². The van der Waals surface area contributed by atoms with Crippen LogP contribution in [0, 0.1) is 0 Å². The Bertz CT molecular complexity index is 823. The summed E-state index contributed by atoms with van der Waals surface area (Å²) in [5.74, 6) is 0.475. The predicted molar refractivity (Wildman–Crippen MR) is 100.0 cm³/mol. The Morgan fingerprint density at radius 2 is 1.88 bits per heavy atom. The maximum Gasteiger partial charge on any atom is 0.319 e. The molecule has 0 atom stereocenters. The summed E-state index contributed by atoms with van der Waals surface area (Å²) in [6.07, 6.45) is 5.36. The second-order valence-corrected chi connectivity index (χ2v) is 6.18. The Morgan fingerprint density at radius 3 is 2.56 bits per heavy atom. The predicted octanol–water partition coefficient (Wildman–Crippen LogP) is 4.32. The molecule has 0 aliphatic heterocycles. The largest absolute Gasteiger partial charge is 0.334 e. The number of hydrogen-bond donors (Lipinski definition) is 2. The smallest absolute Gasteiger partial charge is 0.319 e. The number of anilines is 1. The van der Waals surface area contributed by atoms with Gasteiger partial charge in [-0.15, -0.1) is 0 Å². The highest BCUT2D eigenvalue weighted by Gasteiger charge is 2.07. The van der Waals surface area contributed by atoms with E-state index < -0.39 is 0 Å². The van der Waals surface area contributed by atoms with Crippen molar-refractivity contribution >= 4 is 11.7 Å². The molecule has 2 N–H and O–H groups in total. The van der Waals surface area contributed by atoms with Gasteiger partial charge in [0.2, 0.25) is 0 Å². The summed E-state index contributed by atoms with van der Waals surface area (Å²) < 4.78 is 1.93. The molecule has 0 aliphatic carbocycles. The van der Waals surface area contributed by atoms with E-state index in [1.807, 2.05) is 59.3 Å². The minimum atomic E-state index is -0.224. The number of imidazole rings is 1. The number of amides is 2. The standard InChI is InChI=1S/C20H22N4O/c1-15(2)16-7-9-18(10-8-16)23-20(25)22-13-17-5-3-4-6-19(17)24-12-11-21-14-24/h3-12,14-15H,13H2,1-2H3,(H2,22,23,25). The molecule has 5 heteroatoms. The fraction of sp³-hybridized carbons (Fsp3) is 0.200. The molecule has 0 saturated heterocycles. The van der Waals surface area contributed by atoms with Crippen molar-refractivity contribution in [2.24, 2.45) is 0 Å². The number of nitrogens with zero attached hydrogens (tertiary/aromatic N) is 2. The minimum Gasteiger partial charge on any atom is -0.334 e. The normalized spacial score (nSPS) is 10.7. The molecule has 3 aromatic rings. The van der Waals surface area contributed by atoms with Gasteiger partial charge in [-0.1, -0.05) is 44.2 Å². The van der Waals surface area contributed by atoms with Gasteiger partial charge in [-0.25, -0.2) is 9.78 Å². The third-order valence-corrected chi connectivity index (χ3v) is 4.05. The number of para-hydroxylation sites is 1. The van der Waals surface area contributed by atoms with Crippen molar-refractivity contribution < 1.29 is 4.79 Å². The van der Waals surface area contributed by atoms with E-state index in [1.165, 1.54) is 5.56 Å². The van der Waals surface area contributed by atoms with Crippen molar-refractivity contribution in [3.63, 3.8) is 0 Å². The number of carbonyl (C=O) groups excluding carboxylic acids is 1. The number of urea groups is 1. The fourth-order valence-corrected chi connectivity index (χ4v) is 2.62. The summed E-state index contributed by atoms with van der Waals surface area (Å²) >= 11 is 0. The van der Waals surface area contributed by atoms with Crippen LogP contribution < -0.4 is 10.6 Å². The van der Waals surface area contributed by atoms with Gasteiger partial charge in [0, 0.05) is 24.6 Å². The van der Waals surface area contributed by atoms with E-state index in [2.05, 4.69) is 29.5 Å². The van der Waals surface area contributed by atoms with E-state index in [0.717, 1.165) is 16.9 Å². The molecule has 2 amide bonds. The maximum absolute atomic E-state index is 12.2. The van der Waals surface area contributed by atoms with Crippen LogP contribution in [0.3, 0.4) is 0 Å². The first-order valence-electron chi connectivity index (χ1n) is 8.34. The molecule has 25 heavy (non-hydrogen) atoms. The van der Waals surface area contributed by atoms with Crippen LogP contribution in [-0.2, 0) is 6.54 Å². The molecule has 0 bridgehead atoms. The zero-order chi connectivity index (χ0) is 17.6. The molecule has 1 heterocycles. The van der Waals surface area contributed by atoms with E-state index >= 15 is 0 Å². The van der Waals surface area contributed by atoms with E-state index in [4.69, 9.17) is 0 Å². The quantitative estimate of drug-likeness (QED) is 0.730. The lowest BCUT2D eigenvalue weighted by Crippen LogP contribution is -2.28. The highest BCUT2D eigenvalue weighted by atomic mass is 16.2. The fourth-order valence-electron chi connectivity index (χ4n) is 2.62. The van der Waals surface area contributed by atoms with Crippen molar-refractivity contribution in [1.29, 1.82) is 0 Å². The Morgan fingerprint density at radius 1 is 1.12 bits per heavy atom. The number of benzene rings is 2. The summed E-state index contributed by atoms with van der Waals surface area (Å²) in [7, 11) is 0. The lowest BCUT2D eigenvalue weighted by Gasteiger charge is -2.12. The summed E-state index contributed by atoms with van der Waals surface area (Å²) in [4.78, 5) is 16.2. The van der Waals surface area contributed by atoms with Crippen LogP contribution in [0.5, 0.6) is 0 Å². The molecule has 3 rings (SSSR count).